The van der Waals surface area contributed by atoms with Crippen LogP contribution in [0.15, 0.2) is 0 Å². The average Bonchev–Trinajstić information content (AvgIpc) is 2.46. The highest BCUT2D eigenvalue weighted by atomic mass is 15.2. The lowest BCUT2D eigenvalue weighted by Crippen LogP contribution is -2.56. The van der Waals surface area contributed by atoms with E-state index in [-0.39, 0.29) is 0 Å². The quantitative estimate of drug-likeness (QED) is 0.848. The van der Waals surface area contributed by atoms with E-state index >= 15 is 0 Å². The minimum absolute atomic E-state index is 0.743. The number of piperidine rings is 1. The van der Waals surface area contributed by atoms with Gasteiger partial charge in [0.05, 0.1) is 0 Å². The fraction of sp³-hybridized carbons (Fsp3) is 1.00. The maximum atomic E-state index is 4.02. The molecule has 1 saturated heterocycles. The number of nitrogens with one attached hydrogen (secondary N) is 1. The molecule has 2 heteroatoms. The van der Waals surface area contributed by atoms with Gasteiger partial charge < -0.3 is 5.32 Å². The summed E-state index contributed by atoms with van der Waals surface area (Å²) in [6, 6.07) is 1.61. The lowest BCUT2D eigenvalue weighted by molar-refractivity contribution is -0.0158. The number of likely N-dealkylation sites (tertiary alicyclic amines) is 1. The molecule has 0 aromatic carbocycles. The molecule has 4 bridgehead atoms. The summed E-state index contributed by atoms with van der Waals surface area (Å²) in [7, 11) is 0. The topological polar surface area (TPSA) is 15.3 Å². The molecular formula is C18H32N2. The van der Waals surface area contributed by atoms with Crippen LogP contribution < -0.4 is 5.32 Å². The smallest absolute Gasteiger partial charge is 0.0192 e. The van der Waals surface area contributed by atoms with Crippen molar-refractivity contribution < 1.29 is 0 Å². The Morgan fingerprint density at radius 2 is 1.50 bits per heavy atom. The minimum atomic E-state index is 0.743. The standard InChI is InChI=1S/C18H32N2/c1-13(20-5-3-2-4-6-20)12-19-18-16-8-14-7-15(10-16)11-17(18)9-14/h13-19H,2-12H2,1H3. The van der Waals surface area contributed by atoms with E-state index in [1.807, 2.05) is 0 Å². The van der Waals surface area contributed by atoms with Gasteiger partial charge in [0.25, 0.3) is 0 Å². The van der Waals surface area contributed by atoms with Gasteiger partial charge in [0.15, 0.2) is 0 Å². The predicted octanol–water partition coefficient (Wildman–Crippen LogP) is 3.28. The molecule has 5 fully saturated rings. The van der Waals surface area contributed by atoms with Crippen LogP contribution >= 0.6 is 0 Å². The van der Waals surface area contributed by atoms with Crippen molar-refractivity contribution in [2.75, 3.05) is 19.6 Å². The van der Waals surface area contributed by atoms with E-state index in [0.29, 0.717) is 0 Å². The van der Waals surface area contributed by atoms with Crippen LogP contribution in [0.2, 0.25) is 0 Å². The van der Waals surface area contributed by atoms with Crippen LogP contribution in [0.4, 0.5) is 0 Å². The highest BCUT2D eigenvalue weighted by molar-refractivity contribution is 5.01. The average molecular weight is 276 g/mol. The lowest BCUT2D eigenvalue weighted by Gasteiger charge is -2.55. The highest BCUT2D eigenvalue weighted by Crippen LogP contribution is 2.53. The van der Waals surface area contributed by atoms with Gasteiger partial charge in [0.1, 0.15) is 0 Å². The number of nitrogens with zero attached hydrogens (tertiary/aromatic N) is 1. The van der Waals surface area contributed by atoms with Gasteiger partial charge in [0.2, 0.25) is 0 Å². The molecule has 0 radical (unpaired) electrons. The molecule has 5 rings (SSSR count). The summed E-state index contributed by atoms with van der Waals surface area (Å²) in [5, 5.41) is 4.02. The lowest BCUT2D eigenvalue weighted by atomic mass is 9.54. The molecular weight excluding hydrogens is 244 g/mol. The molecule has 1 heterocycles. The molecule has 1 aliphatic heterocycles. The van der Waals surface area contributed by atoms with Gasteiger partial charge in [-0.05, 0) is 88.6 Å². The summed E-state index contributed by atoms with van der Waals surface area (Å²) in [5.41, 5.74) is 0. The van der Waals surface area contributed by atoms with Gasteiger partial charge >= 0.3 is 0 Å². The number of hydrogen-bond acceptors (Lipinski definition) is 2. The highest BCUT2D eigenvalue weighted by Gasteiger charge is 2.47. The summed E-state index contributed by atoms with van der Waals surface area (Å²) in [6.45, 7) is 6.34. The van der Waals surface area contributed by atoms with Gasteiger partial charge in [-0.25, -0.2) is 0 Å². The summed E-state index contributed by atoms with van der Waals surface area (Å²) in [6.07, 6.45) is 12.0. The Bertz CT molecular complexity index is 306. The number of rotatable bonds is 4. The molecule has 1 atom stereocenters. The van der Waals surface area contributed by atoms with E-state index in [4.69, 9.17) is 0 Å². The first-order valence-corrected chi connectivity index (χ1v) is 9.27. The van der Waals surface area contributed by atoms with Crippen molar-refractivity contribution >= 4 is 0 Å². The Hall–Kier alpha value is -0.0800. The molecule has 0 aromatic rings. The van der Waals surface area contributed by atoms with Crippen molar-refractivity contribution in [3.8, 4) is 0 Å². The van der Waals surface area contributed by atoms with E-state index in [1.165, 1.54) is 38.9 Å². The van der Waals surface area contributed by atoms with Crippen LogP contribution in [0.3, 0.4) is 0 Å². The van der Waals surface area contributed by atoms with Crippen LogP contribution in [0, 0.1) is 23.7 Å². The van der Waals surface area contributed by atoms with Crippen LogP contribution in [0.5, 0.6) is 0 Å². The SMILES string of the molecule is CC(CNC1C2CC3CC(C2)CC1C3)N1CCCCC1. The second-order valence-electron chi connectivity index (χ2n) is 8.31. The Balaban J connectivity index is 1.31. The predicted molar refractivity (Wildman–Crippen MR) is 83.7 cm³/mol. The molecule has 5 aliphatic rings. The van der Waals surface area contributed by atoms with Crippen molar-refractivity contribution in [2.24, 2.45) is 23.7 Å². The van der Waals surface area contributed by atoms with Gasteiger partial charge in [0, 0.05) is 18.6 Å². The molecule has 1 N–H and O–H groups in total. The van der Waals surface area contributed by atoms with Crippen LogP contribution in [0.1, 0.15) is 58.3 Å². The van der Waals surface area contributed by atoms with Crippen molar-refractivity contribution in [2.45, 2.75) is 70.4 Å². The third kappa shape index (κ3) is 2.54. The van der Waals surface area contributed by atoms with Crippen LogP contribution in [-0.4, -0.2) is 36.6 Å². The molecule has 4 saturated carbocycles. The Kier molecular flexibility index (Phi) is 3.80. The van der Waals surface area contributed by atoms with E-state index in [1.54, 1.807) is 32.1 Å². The summed E-state index contributed by atoms with van der Waals surface area (Å²) in [5.74, 6) is 4.27. The van der Waals surface area contributed by atoms with Gasteiger partial charge in [-0.15, -0.1) is 0 Å². The van der Waals surface area contributed by atoms with Crippen LogP contribution in [-0.2, 0) is 0 Å². The molecule has 20 heavy (non-hydrogen) atoms. The minimum Gasteiger partial charge on any atom is -0.312 e. The first kappa shape index (κ1) is 13.6. The van der Waals surface area contributed by atoms with Gasteiger partial charge in [-0.1, -0.05) is 6.42 Å². The third-order valence-electron chi connectivity index (χ3n) is 6.89. The zero-order valence-corrected chi connectivity index (χ0v) is 13.2. The third-order valence-corrected chi connectivity index (χ3v) is 6.89. The normalized spacial score (nSPS) is 45.8. The molecule has 0 aromatic heterocycles. The second kappa shape index (κ2) is 5.61. The van der Waals surface area contributed by atoms with E-state index in [9.17, 15) is 0 Å². The first-order chi connectivity index (χ1) is 9.79. The Labute approximate surface area is 124 Å². The van der Waals surface area contributed by atoms with Gasteiger partial charge in [-0.3, -0.25) is 4.90 Å². The summed E-state index contributed by atoms with van der Waals surface area (Å²) < 4.78 is 0. The second-order valence-corrected chi connectivity index (χ2v) is 8.31. The molecule has 2 nitrogen and oxygen atoms in total. The molecule has 1 unspecified atom stereocenters. The van der Waals surface area contributed by atoms with Crippen LogP contribution in [0.25, 0.3) is 0 Å². The molecule has 0 amide bonds. The van der Waals surface area contributed by atoms with E-state index in [2.05, 4.69) is 17.1 Å². The summed E-state index contributed by atoms with van der Waals surface area (Å²) >= 11 is 0. The largest absolute Gasteiger partial charge is 0.312 e. The first-order valence-electron chi connectivity index (χ1n) is 9.27. The zero-order chi connectivity index (χ0) is 13.5. The van der Waals surface area contributed by atoms with Gasteiger partial charge in [-0.2, -0.15) is 0 Å². The summed E-state index contributed by atoms with van der Waals surface area (Å²) in [4.78, 5) is 2.71. The maximum absolute atomic E-state index is 4.02. The molecule has 4 aliphatic carbocycles. The fourth-order valence-electron chi connectivity index (χ4n) is 6.05. The molecule has 0 spiro atoms. The van der Waals surface area contributed by atoms with E-state index in [0.717, 1.165) is 35.8 Å². The maximum Gasteiger partial charge on any atom is 0.0192 e. The van der Waals surface area contributed by atoms with Crippen molar-refractivity contribution in [3.05, 3.63) is 0 Å². The monoisotopic (exact) mass is 276 g/mol. The Morgan fingerprint density at radius 3 is 2.10 bits per heavy atom. The molecule has 114 valence electrons. The van der Waals surface area contributed by atoms with E-state index < -0.39 is 0 Å². The fourth-order valence-corrected chi connectivity index (χ4v) is 6.05. The zero-order valence-electron chi connectivity index (χ0n) is 13.2. The number of hydrogen-bond donors (Lipinski definition) is 1. The van der Waals surface area contributed by atoms with Crippen molar-refractivity contribution in [3.63, 3.8) is 0 Å². The Morgan fingerprint density at radius 1 is 0.900 bits per heavy atom. The van der Waals surface area contributed by atoms with Crippen molar-refractivity contribution in [1.29, 1.82) is 0 Å². The van der Waals surface area contributed by atoms with Crippen molar-refractivity contribution in [1.82, 2.24) is 10.2 Å².